The van der Waals surface area contributed by atoms with Gasteiger partial charge in [0.25, 0.3) is 0 Å². The molecule has 26 heavy (non-hydrogen) atoms. The quantitative estimate of drug-likeness (QED) is 0.911. The molecule has 1 unspecified atom stereocenters. The fourth-order valence-electron chi connectivity index (χ4n) is 3.94. The Morgan fingerprint density at radius 3 is 2.35 bits per heavy atom. The highest BCUT2D eigenvalue weighted by Crippen LogP contribution is 2.31. The van der Waals surface area contributed by atoms with Crippen LogP contribution in [0.1, 0.15) is 47.5 Å². The third-order valence-electron chi connectivity index (χ3n) is 5.46. The van der Waals surface area contributed by atoms with Crippen LogP contribution >= 0.6 is 0 Å². The van der Waals surface area contributed by atoms with Crippen LogP contribution < -0.4 is 9.80 Å². The first-order valence-corrected chi connectivity index (χ1v) is 9.36. The molecule has 3 heterocycles. The average molecular weight is 352 g/mol. The standard InChI is InChI=1S/C20H24N4O2/c25-20(26)16-6-4-15(5-7-16)17-8-11-24(13-17)19-12-18(21-14-22-19)23-9-2-1-3-10-23/h4-7,12,14,17H,1-3,8-11,13H2,(H,25,26). The minimum atomic E-state index is -0.879. The number of carbonyl (C=O) groups is 1. The maximum atomic E-state index is 11.0. The lowest BCUT2D eigenvalue weighted by molar-refractivity contribution is 0.0697. The van der Waals surface area contributed by atoms with Gasteiger partial charge in [0.2, 0.25) is 0 Å². The van der Waals surface area contributed by atoms with Crippen molar-refractivity contribution in [1.82, 2.24) is 9.97 Å². The van der Waals surface area contributed by atoms with E-state index in [0.717, 1.165) is 44.2 Å². The number of anilines is 2. The molecule has 1 aromatic carbocycles. The normalized spacial score (nSPS) is 20.4. The van der Waals surface area contributed by atoms with Gasteiger partial charge in [-0.2, -0.15) is 0 Å². The SMILES string of the molecule is O=C(O)c1ccc(C2CCN(c3cc(N4CCCCC4)ncn3)C2)cc1. The van der Waals surface area contributed by atoms with Crippen molar-refractivity contribution < 1.29 is 9.90 Å². The lowest BCUT2D eigenvalue weighted by atomic mass is 9.97. The number of hydrogen-bond donors (Lipinski definition) is 1. The molecule has 2 aromatic rings. The first-order valence-electron chi connectivity index (χ1n) is 9.36. The van der Waals surface area contributed by atoms with E-state index in [2.05, 4.69) is 25.8 Å². The fraction of sp³-hybridized carbons (Fsp3) is 0.450. The minimum Gasteiger partial charge on any atom is -0.478 e. The van der Waals surface area contributed by atoms with Crippen molar-refractivity contribution in [2.45, 2.75) is 31.6 Å². The van der Waals surface area contributed by atoms with E-state index in [4.69, 9.17) is 5.11 Å². The summed E-state index contributed by atoms with van der Waals surface area (Å²) in [5.41, 5.74) is 1.54. The van der Waals surface area contributed by atoms with E-state index >= 15 is 0 Å². The highest BCUT2D eigenvalue weighted by Gasteiger charge is 2.25. The van der Waals surface area contributed by atoms with Gasteiger partial charge in [-0.05, 0) is 43.4 Å². The summed E-state index contributed by atoms with van der Waals surface area (Å²) in [4.78, 5) is 24.6. The van der Waals surface area contributed by atoms with Gasteiger partial charge in [-0.15, -0.1) is 0 Å². The number of hydrogen-bond acceptors (Lipinski definition) is 5. The van der Waals surface area contributed by atoms with E-state index in [1.165, 1.54) is 24.8 Å². The smallest absolute Gasteiger partial charge is 0.335 e. The zero-order chi connectivity index (χ0) is 17.9. The molecule has 2 saturated heterocycles. The molecule has 1 aromatic heterocycles. The number of carboxylic acid groups (broad SMARTS) is 1. The third kappa shape index (κ3) is 3.49. The molecule has 0 spiro atoms. The van der Waals surface area contributed by atoms with Crippen LogP contribution in [-0.2, 0) is 0 Å². The van der Waals surface area contributed by atoms with Crippen molar-refractivity contribution in [2.75, 3.05) is 36.0 Å². The van der Waals surface area contributed by atoms with Crippen molar-refractivity contribution in [1.29, 1.82) is 0 Å². The largest absolute Gasteiger partial charge is 0.478 e. The zero-order valence-electron chi connectivity index (χ0n) is 14.8. The Labute approximate surface area is 153 Å². The highest BCUT2D eigenvalue weighted by atomic mass is 16.4. The van der Waals surface area contributed by atoms with Gasteiger partial charge in [0.1, 0.15) is 18.0 Å². The van der Waals surface area contributed by atoms with E-state index < -0.39 is 5.97 Å². The molecule has 0 amide bonds. The Morgan fingerprint density at radius 2 is 1.65 bits per heavy atom. The van der Waals surface area contributed by atoms with Crippen LogP contribution in [0.4, 0.5) is 11.6 Å². The van der Waals surface area contributed by atoms with E-state index in [9.17, 15) is 4.79 Å². The zero-order valence-corrected chi connectivity index (χ0v) is 14.8. The maximum absolute atomic E-state index is 11.0. The molecule has 1 atom stereocenters. The molecule has 0 radical (unpaired) electrons. The number of carboxylic acids is 1. The van der Waals surface area contributed by atoms with Gasteiger partial charge in [-0.1, -0.05) is 12.1 Å². The number of aromatic nitrogens is 2. The Bertz CT molecular complexity index is 772. The summed E-state index contributed by atoms with van der Waals surface area (Å²) in [5, 5.41) is 9.04. The first kappa shape index (κ1) is 16.8. The van der Waals surface area contributed by atoms with Gasteiger partial charge in [0.15, 0.2) is 0 Å². The van der Waals surface area contributed by atoms with Gasteiger partial charge >= 0.3 is 5.97 Å². The van der Waals surface area contributed by atoms with Gasteiger partial charge < -0.3 is 14.9 Å². The first-order chi connectivity index (χ1) is 12.7. The summed E-state index contributed by atoms with van der Waals surface area (Å²) < 4.78 is 0. The second-order valence-corrected chi connectivity index (χ2v) is 7.14. The molecule has 2 fully saturated rings. The number of benzene rings is 1. The van der Waals surface area contributed by atoms with Crippen LogP contribution in [0.3, 0.4) is 0 Å². The lowest BCUT2D eigenvalue weighted by Crippen LogP contribution is -2.30. The molecule has 4 rings (SSSR count). The van der Waals surface area contributed by atoms with Crippen LogP contribution in [0.15, 0.2) is 36.7 Å². The van der Waals surface area contributed by atoms with Gasteiger partial charge in [0.05, 0.1) is 5.56 Å². The number of rotatable bonds is 4. The fourth-order valence-corrected chi connectivity index (χ4v) is 3.94. The second-order valence-electron chi connectivity index (χ2n) is 7.14. The molecule has 2 aliphatic rings. The third-order valence-corrected chi connectivity index (χ3v) is 5.46. The average Bonchev–Trinajstić information content (AvgIpc) is 3.19. The predicted molar refractivity (Wildman–Crippen MR) is 101 cm³/mol. The van der Waals surface area contributed by atoms with E-state index in [-0.39, 0.29) is 0 Å². The Hall–Kier alpha value is -2.63. The second kappa shape index (κ2) is 7.32. The summed E-state index contributed by atoms with van der Waals surface area (Å²) in [6.07, 6.45) is 6.50. The molecule has 0 bridgehead atoms. The van der Waals surface area contributed by atoms with Crippen molar-refractivity contribution >= 4 is 17.6 Å². The van der Waals surface area contributed by atoms with Crippen LogP contribution in [-0.4, -0.2) is 47.2 Å². The Kier molecular flexibility index (Phi) is 4.73. The molecular weight excluding hydrogens is 328 g/mol. The monoisotopic (exact) mass is 352 g/mol. The number of aromatic carboxylic acids is 1. The van der Waals surface area contributed by atoms with Crippen molar-refractivity contribution in [2.24, 2.45) is 0 Å². The molecule has 6 nitrogen and oxygen atoms in total. The molecule has 0 aliphatic carbocycles. The molecule has 2 aliphatic heterocycles. The molecule has 136 valence electrons. The van der Waals surface area contributed by atoms with Gasteiger partial charge in [0, 0.05) is 38.2 Å². The van der Waals surface area contributed by atoms with Crippen molar-refractivity contribution in [3.63, 3.8) is 0 Å². The number of nitrogens with zero attached hydrogens (tertiary/aromatic N) is 4. The van der Waals surface area contributed by atoms with Crippen molar-refractivity contribution in [3.8, 4) is 0 Å². The van der Waals surface area contributed by atoms with Crippen molar-refractivity contribution in [3.05, 3.63) is 47.8 Å². The molecule has 1 N–H and O–H groups in total. The predicted octanol–water partition coefficient (Wildman–Crippen LogP) is 3.16. The van der Waals surface area contributed by atoms with Gasteiger partial charge in [-0.3, -0.25) is 0 Å². The summed E-state index contributed by atoms with van der Waals surface area (Å²) >= 11 is 0. The van der Waals surface area contributed by atoms with Crippen LogP contribution in [0, 0.1) is 0 Å². The molecule has 0 saturated carbocycles. The van der Waals surface area contributed by atoms with E-state index in [1.54, 1.807) is 18.5 Å². The van der Waals surface area contributed by atoms with Crippen LogP contribution in [0.25, 0.3) is 0 Å². The molecule has 6 heteroatoms. The highest BCUT2D eigenvalue weighted by molar-refractivity contribution is 5.87. The van der Waals surface area contributed by atoms with Crippen LogP contribution in [0.5, 0.6) is 0 Å². The number of piperidine rings is 1. The minimum absolute atomic E-state index is 0.338. The Balaban J connectivity index is 1.45. The summed E-state index contributed by atoms with van der Waals surface area (Å²) in [5.74, 6) is 1.55. The van der Waals surface area contributed by atoms with Gasteiger partial charge in [-0.25, -0.2) is 14.8 Å². The lowest BCUT2D eigenvalue weighted by Gasteiger charge is -2.28. The molecular formula is C20H24N4O2. The Morgan fingerprint density at radius 1 is 0.962 bits per heavy atom. The summed E-state index contributed by atoms with van der Waals surface area (Å²) in [7, 11) is 0. The topological polar surface area (TPSA) is 69.6 Å². The van der Waals surface area contributed by atoms with E-state index in [0.29, 0.717) is 11.5 Å². The summed E-state index contributed by atoms with van der Waals surface area (Å²) in [6.45, 7) is 4.02. The maximum Gasteiger partial charge on any atom is 0.335 e. The summed E-state index contributed by atoms with van der Waals surface area (Å²) in [6, 6.07) is 9.38. The van der Waals surface area contributed by atoms with E-state index in [1.807, 2.05) is 12.1 Å². The van der Waals surface area contributed by atoms with Crippen LogP contribution in [0.2, 0.25) is 0 Å².